The molecule has 0 bridgehead atoms. The van der Waals surface area contributed by atoms with E-state index in [1.54, 1.807) is 0 Å². The van der Waals surface area contributed by atoms with Crippen LogP contribution in [0.4, 0.5) is 0 Å². The second-order valence-electron chi connectivity index (χ2n) is 0.500. The molecule has 0 unspecified atom stereocenters. The van der Waals surface area contributed by atoms with Crippen molar-refractivity contribution in [1.29, 1.82) is 0 Å². The molecule has 0 aromatic rings. The Morgan fingerprint density at radius 2 is 0.800 bits per heavy atom. The molecule has 10 heteroatoms. The van der Waals surface area contributed by atoms with E-state index in [0.717, 1.165) is 0 Å². The Bertz CT molecular complexity index is 73.7. The molecule has 0 spiro atoms. The summed E-state index contributed by atoms with van der Waals surface area (Å²) in [5.74, 6) is 0. The number of rotatable bonds is 0. The van der Waals surface area contributed by atoms with Crippen molar-refractivity contribution in [3.8, 4) is 0 Å². The predicted molar refractivity (Wildman–Crippen MR) is 24.4 cm³/mol. The second kappa shape index (κ2) is 16.5. The van der Waals surface area contributed by atoms with Crippen LogP contribution in [-0.2, 0) is 8.92 Å². The van der Waals surface area contributed by atoms with Crippen LogP contribution in [0.3, 0.4) is 0 Å². The molecule has 0 rings (SSSR count). The van der Waals surface area contributed by atoms with Crippen LogP contribution in [0.5, 0.6) is 0 Å². The Kier molecular flexibility index (Phi) is 37.0. The van der Waals surface area contributed by atoms with Crippen molar-refractivity contribution in [3.63, 3.8) is 0 Å². The molecule has 0 aromatic heterocycles. The van der Waals surface area contributed by atoms with Gasteiger partial charge in [-0.1, -0.05) is 0 Å². The Labute approximate surface area is 96.0 Å². The summed E-state index contributed by atoms with van der Waals surface area (Å²) in [6.45, 7) is 0. The van der Waals surface area contributed by atoms with Crippen molar-refractivity contribution in [2.24, 2.45) is 0 Å². The SMILES string of the molecule is O=[Si]([O-])[O-].O=[Si]([O-])[O-].[Mg+2].[Pb+2]. The first-order valence-electron chi connectivity index (χ1n) is 1.22. The summed E-state index contributed by atoms with van der Waals surface area (Å²) in [6.07, 6.45) is 0. The van der Waals surface area contributed by atoms with Gasteiger partial charge in [0.25, 0.3) is 0 Å². The van der Waals surface area contributed by atoms with Gasteiger partial charge in [-0.15, -0.1) is 0 Å². The quantitative estimate of drug-likeness (QED) is 0.383. The summed E-state index contributed by atoms with van der Waals surface area (Å²) < 4.78 is 17.0. The normalized spacial score (nSPS) is 4.80. The van der Waals surface area contributed by atoms with Gasteiger partial charge in [0.1, 0.15) is 0 Å². The zero-order valence-corrected chi connectivity index (χ0v) is 12.0. The van der Waals surface area contributed by atoms with Crippen LogP contribution >= 0.6 is 0 Å². The largest absolute Gasteiger partial charge is 2.00 e. The van der Waals surface area contributed by atoms with Gasteiger partial charge in [0.2, 0.25) is 0 Å². The minimum atomic E-state index is -3.63. The van der Waals surface area contributed by atoms with E-state index < -0.39 is 18.3 Å². The maximum atomic E-state index is 8.52. The minimum Gasteiger partial charge on any atom is -0.672 e. The zero-order valence-electron chi connectivity index (χ0n) is 4.66. The Morgan fingerprint density at radius 3 is 0.800 bits per heavy atom. The molecule has 0 atom stereocenters. The van der Waals surface area contributed by atoms with Crippen molar-refractivity contribution in [1.82, 2.24) is 0 Å². The zero-order chi connectivity index (χ0) is 7.15. The fraction of sp³-hybridized carbons (Fsp3) is 0. The van der Waals surface area contributed by atoms with Gasteiger partial charge in [-0.2, -0.15) is 0 Å². The van der Waals surface area contributed by atoms with Gasteiger partial charge in [-0.25, -0.2) is 0 Å². The van der Waals surface area contributed by atoms with E-state index in [1.807, 2.05) is 0 Å². The predicted octanol–water partition coefficient (Wildman–Crippen LogP) is -6.52. The summed E-state index contributed by atoms with van der Waals surface area (Å²) in [5.41, 5.74) is 0. The molecule has 0 heterocycles. The summed E-state index contributed by atoms with van der Waals surface area (Å²) in [7, 11) is -7.26. The molecule has 0 fully saturated rings. The topological polar surface area (TPSA) is 126 Å². The van der Waals surface area contributed by atoms with Crippen molar-refractivity contribution >= 4 is 68.7 Å². The molecule has 0 aliphatic rings. The van der Waals surface area contributed by atoms with Gasteiger partial charge in [-0.05, 0) is 0 Å². The summed E-state index contributed by atoms with van der Waals surface area (Å²) in [6, 6.07) is 0. The third-order valence-electron chi connectivity index (χ3n) is 0. The molecule has 10 heavy (non-hydrogen) atoms. The van der Waals surface area contributed by atoms with Crippen LogP contribution in [0, 0.1) is 0 Å². The fourth-order valence-electron chi connectivity index (χ4n) is 0. The monoisotopic (exact) mass is 384 g/mol. The first-order valence-corrected chi connectivity index (χ1v) is 3.67. The van der Waals surface area contributed by atoms with Crippen LogP contribution in [0.25, 0.3) is 0 Å². The van der Waals surface area contributed by atoms with Crippen LogP contribution in [0.2, 0.25) is 0 Å². The number of hydrogen-bond donors (Lipinski definition) is 0. The van der Waals surface area contributed by atoms with Gasteiger partial charge in [0, 0.05) is 18.3 Å². The molecule has 0 amide bonds. The smallest absolute Gasteiger partial charge is 0.672 e. The van der Waals surface area contributed by atoms with Crippen molar-refractivity contribution in [2.45, 2.75) is 0 Å². The van der Waals surface area contributed by atoms with Gasteiger partial charge in [0.05, 0.1) is 0 Å². The molecule has 0 aromatic carbocycles. The molecule has 0 aliphatic heterocycles. The van der Waals surface area contributed by atoms with Crippen LogP contribution in [0.1, 0.15) is 0 Å². The first-order chi connectivity index (χ1) is 3.46. The van der Waals surface area contributed by atoms with E-state index in [4.69, 9.17) is 28.1 Å². The fourth-order valence-corrected chi connectivity index (χ4v) is 0. The minimum absolute atomic E-state index is 0. The summed E-state index contributed by atoms with van der Waals surface area (Å²) in [5, 5.41) is 0. The molecule has 0 aliphatic carbocycles. The molecule has 0 N–H and O–H groups in total. The van der Waals surface area contributed by atoms with Gasteiger partial charge in [-0.3, -0.25) is 0 Å². The van der Waals surface area contributed by atoms with Crippen molar-refractivity contribution in [3.05, 3.63) is 0 Å². The Balaban J connectivity index is -0.0000000300. The van der Waals surface area contributed by atoms with E-state index in [0.29, 0.717) is 0 Å². The third kappa shape index (κ3) is 659. The van der Waals surface area contributed by atoms with Gasteiger partial charge in [0.15, 0.2) is 0 Å². The molecule has 0 saturated heterocycles. The third-order valence-corrected chi connectivity index (χ3v) is 0. The van der Waals surface area contributed by atoms with E-state index >= 15 is 0 Å². The van der Waals surface area contributed by atoms with Crippen molar-refractivity contribution < 1.29 is 28.1 Å². The molecule has 50 valence electrons. The molecular weight excluding hydrogens is 384 g/mol. The van der Waals surface area contributed by atoms with Crippen LogP contribution in [0.15, 0.2) is 0 Å². The standard InChI is InChI=1S/Mg.2O3Si.Pb/c;2*1-4(2)3;/q+2;2*-2;+2. The van der Waals surface area contributed by atoms with E-state index in [9.17, 15) is 0 Å². The second-order valence-corrected chi connectivity index (χ2v) is 1.50. The Hall–Kier alpha value is 0.922. The molecule has 0 saturated carbocycles. The first kappa shape index (κ1) is 22.4. The van der Waals surface area contributed by atoms with E-state index in [-0.39, 0.29) is 50.4 Å². The maximum Gasteiger partial charge on any atom is 2.00 e. The summed E-state index contributed by atoms with van der Waals surface area (Å²) in [4.78, 5) is 34.1. The van der Waals surface area contributed by atoms with Gasteiger partial charge >= 0.3 is 50.4 Å². The van der Waals surface area contributed by atoms with Crippen LogP contribution in [-0.4, -0.2) is 68.7 Å². The van der Waals surface area contributed by atoms with E-state index in [1.165, 1.54) is 0 Å². The average Bonchev–Trinajstić information content (AvgIpc) is 1.25. The Morgan fingerprint density at radius 1 is 0.800 bits per heavy atom. The molecule has 6 nitrogen and oxygen atoms in total. The molecule has 2 radical (unpaired) electrons. The maximum absolute atomic E-state index is 8.52. The van der Waals surface area contributed by atoms with Crippen molar-refractivity contribution in [2.75, 3.05) is 0 Å². The average molecular weight is 384 g/mol. The molecular formula is MgO6PbSi2. The van der Waals surface area contributed by atoms with E-state index in [2.05, 4.69) is 0 Å². The van der Waals surface area contributed by atoms with Crippen LogP contribution < -0.4 is 19.2 Å². The number of hydrogen-bond acceptors (Lipinski definition) is 6. The summed E-state index contributed by atoms with van der Waals surface area (Å²) >= 11 is 0. The van der Waals surface area contributed by atoms with Gasteiger partial charge < -0.3 is 28.1 Å².